The molecule has 1 atom stereocenters. The van der Waals surface area contributed by atoms with Gasteiger partial charge in [0.05, 0.1) is 18.0 Å². The summed E-state index contributed by atoms with van der Waals surface area (Å²) in [7, 11) is 0. The largest absolute Gasteiger partial charge is 0.384 e. The molecule has 0 saturated heterocycles. The molecule has 0 spiro atoms. The van der Waals surface area contributed by atoms with E-state index in [9.17, 15) is 4.79 Å². The number of anilines is 1. The Hall–Kier alpha value is -1.83. The molecule has 15 heavy (non-hydrogen) atoms. The van der Waals surface area contributed by atoms with E-state index in [4.69, 9.17) is 5.26 Å². The highest BCUT2D eigenvalue weighted by Crippen LogP contribution is 2.02. The first kappa shape index (κ1) is 11.2. The zero-order valence-electron chi connectivity index (χ0n) is 8.90. The van der Waals surface area contributed by atoms with Crippen LogP contribution in [0.2, 0.25) is 0 Å². The van der Waals surface area contributed by atoms with Crippen molar-refractivity contribution in [3.63, 3.8) is 0 Å². The van der Waals surface area contributed by atoms with E-state index in [1.54, 1.807) is 13.1 Å². The first-order valence-corrected chi connectivity index (χ1v) is 4.91. The maximum Gasteiger partial charge on any atom is 0.270 e. The number of nitriles is 1. The van der Waals surface area contributed by atoms with Crippen LogP contribution in [0.15, 0.2) is 17.1 Å². The van der Waals surface area contributed by atoms with Crippen molar-refractivity contribution in [1.82, 2.24) is 9.78 Å². The predicted molar refractivity (Wildman–Crippen MR) is 57.6 cm³/mol. The SMILES string of the molecule is CCCNc1cnn(C(C)C#N)c(=O)c1. The van der Waals surface area contributed by atoms with Gasteiger partial charge in [0.2, 0.25) is 0 Å². The summed E-state index contributed by atoms with van der Waals surface area (Å²) in [5, 5.41) is 15.6. The maximum atomic E-state index is 11.5. The predicted octanol–water partition coefficient (Wildman–Crippen LogP) is 1.15. The van der Waals surface area contributed by atoms with Gasteiger partial charge >= 0.3 is 0 Å². The van der Waals surface area contributed by atoms with Crippen LogP contribution in [0.5, 0.6) is 0 Å². The van der Waals surface area contributed by atoms with Crippen LogP contribution in [-0.4, -0.2) is 16.3 Å². The van der Waals surface area contributed by atoms with Gasteiger partial charge in [0, 0.05) is 12.6 Å². The van der Waals surface area contributed by atoms with Gasteiger partial charge in [-0.25, -0.2) is 4.68 Å². The smallest absolute Gasteiger partial charge is 0.270 e. The van der Waals surface area contributed by atoms with Gasteiger partial charge in [-0.1, -0.05) is 6.92 Å². The zero-order valence-corrected chi connectivity index (χ0v) is 8.90. The summed E-state index contributed by atoms with van der Waals surface area (Å²) in [6.07, 6.45) is 2.54. The van der Waals surface area contributed by atoms with Crippen molar-refractivity contribution in [2.24, 2.45) is 0 Å². The molecule has 80 valence electrons. The highest BCUT2D eigenvalue weighted by Gasteiger charge is 2.06. The van der Waals surface area contributed by atoms with Gasteiger partial charge in [0.1, 0.15) is 6.04 Å². The van der Waals surface area contributed by atoms with Crippen LogP contribution >= 0.6 is 0 Å². The topological polar surface area (TPSA) is 70.7 Å². The van der Waals surface area contributed by atoms with Gasteiger partial charge in [0.25, 0.3) is 5.56 Å². The molecule has 0 aliphatic rings. The fourth-order valence-electron chi connectivity index (χ4n) is 1.13. The molecule has 0 amide bonds. The van der Waals surface area contributed by atoms with Gasteiger partial charge < -0.3 is 5.32 Å². The van der Waals surface area contributed by atoms with E-state index in [0.717, 1.165) is 17.6 Å². The number of aromatic nitrogens is 2. The highest BCUT2D eigenvalue weighted by atomic mass is 16.1. The van der Waals surface area contributed by atoms with Gasteiger partial charge in [-0.3, -0.25) is 4.79 Å². The van der Waals surface area contributed by atoms with E-state index in [2.05, 4.69) is 10.4 Å². The Kier molecular flexibility index (Phi) is 3.86. The Balaban J connectivity index is 2.90. The fraction of sp³-hybridized carbons (Fsp3) is 0.500. The molecule has 1 heterocycles. The third kappa shape index (κ3) is 2.81. The summed E-state index contributed by atoms with van der Waals surface area (Å²) < 4.78 is 1.16. The van der Waals surface area contributed by atoms with Crippen LogP contribution in [-0.2, 0) is 0 Å². The van der Waals surface area contributed by atoms with Crippen molar-refractivity contribution >= 4 is 5.69 Å². The van der Waals surface area contributed by atoms with Gasteiger partial charge in [-0.05, 0) is 13.3 Å². The molecule has 0 bridgehead atoms. The average molecular weight is 206 g/mol. The molecule has 1 aromatic heterocycles. The normalized spacial score (nSPS) is 11.8. The Morgan fingerprint density at radius 2 is 2.47 bits per heavy atom. The number of nitrogens with one attached hydrogen (secondary N) is 1. The van der Waals surface area contributed by atoms with Crippen LogP contribution < -0.4 is 10.9 Å². The summed E-state index contributed by atoms with van der Waals surface area (Å²) in [5.74, 6) is 0. The van der Waals surface area contributed by atoms with Crippen molar-refractivity contribution < 1.29 is 0 Å². The zero-order chi connectivity index (χ0) is 11.3. The average Bonchev–Trinajstić information content (AvgIpc) is 2.25. The standard InChI is InChI=1S/C10H14N4O/c1-3-4-12-9-5-10(15)14(13-7-9)8(2)6-11/h5,7-8,12H,3-4H2,1-2H3. The summed E-state index contributed by atoms with van der Waals surface area (Å²) >= 11 is 0. The second-order valence-corrected chi connectivity index (χ2v) is 3.26. The van der Waals surface area contributed by atoms with Crippen LogP contribution in [0.1, 0.15) is 26.3 Å². The first-order chi connectivity index (χ1) is 7.19. The van der Waals surface area contributed by atoms with Crippen LogP contribution in [0.4, 0.5) is 5.69 Å². The number of hydrogen-bond donors (Lipinski definition) is 1. The van der Waals surface area contributed by atoms with Crippen LogP contribution in [0.25, 0.3) is 0 Å². The van der Waals surface area contributed by atoms with Crippen molar-refractivity contribution in [1.29, 1.82) is 5.26 Å². The molecular weight excluding hydrogens is 192 g/mol. The Morgan fingerprint density at radius 1 is 1.73 bits per heavy atom. The lowest BCUT2D eigenvalue weighted by Crippen LogP contribution is -2.24. The van der Waals surface area contributed by atoms with E-state index in [1.165, 1.54) is 6.07 Å². The molecule has 1 aromatic rings. The molecule has 0 aromatic carbocycles. The molecule has 5 nitrogen and oxygen atoms in total. The van der Waals surface area contributed by atoms with E-state index < -0.39 is 6.04 Å². The summed E-state index contributed by atoms with van der Waals surface area (Å²) in [6, 6.07) is 2.89. The van der Waals surface area contributed by atoms with Gasteiger partial charge in [0.15, 0.2) is 0 Å². The lowest BCUT2D eigenvalue weighted by atomic mass is 10.3. The molecule has 0 radical (unpaired) electrons. The monoisotopic (exact) mass is 206 g/mol. The first-order valence-electron chi connectivity index (χ1n) is 4.91. The summed E-state index contributed by atoms with van der Waals surface area (Å²) in [4.78, 5) is 11.5. The number of hydrogen-bond acceptors (Lipinski definition) is 4. The summed E-state index contributed by atoms with van der Waals surface area (Å²) in [6.45, 7) is 4.48. The Morgan fingerprint density at radius 3 is 3.00 bits per heavy atom. The lowest BCUT2D eigenvalue weighted by Gasteiger charge is -2.07. The van der Waals surface area contributed by atoms with Crippen LogP contribution in [0.3, 0.4) is 0 Å². The maximum absolute atomic E-state index is 11.5. The lowest BCUT2D eigenvalue weighted by molar-refractivity contribution is 0.555. The molecular formula is C10H14N4O. The summed E-state index contributed by atoms with van der Waals surface area (Å²) in [5.41, 5.74) is 0.438. The highest BCUT2D eigenvalue weighted by molar-refractivity contribution is 5.38. The van der Waals surface area contributed by atoms with Gasteiger partial charge in [-0.15, -0.1) is 0 Å². The second-order valence-electron chi connectivity index (χ2n) is 3.26. The minimum atomic E-state index is -0.530. The molecule has 0 fully saturated rings. The van der Waals surface area contributed by atoms with Crippen molar-refractivity contribution in [3.8, 4) is 6.07 Å². The number of nitrogens with zero attached hydrogens (tertiary/aromatic N) is 3. The molecule has 0 aliphatic carbocycles. The third-order valence-electron chi connectivity index (χ3n) is 1.96. The van der Waals surface area contributed by atoms with Crippen molar-refractivity contribution in [3.05, 3.63) is 22.6 Å². The third-order valence-corrected chi connectivity index (χ3v) is 1.96. The molecule has 1 rings (SSSR count). The van der Waals surface area contributed by atoms with Crippen LogP contribution in [0, 0.1) is 11.3 Å². The molecule has 5 heteroatoms. The minimum Gasteiger partial charge on any atom is -0.384 e. The quantitative estimate of drug-likeness (QED) is 0.802. The Bertz CT molecular complexity index is 418. The minimum absolute atomic E-state index is 0.259. The van der Waals surface area contributed by atoms with Crippen molar-refractivity contribution in [2.75, 3.05) is 11.9 Å². The fourth-order valence-corrected chi connectivity index (χ4v) is 1.13. The molecule has 0 saturated carbocycles. The Labute approximate surface area is 88.3 Å². The molecule has 0 aliphatic heterocycles. The van der Waals surface area contributed by atoms with E-state index in [1.807, 2.05) is 13.0 Å². The van der Waals surface area contributed by atoms with E-state index in [0.29, 0.717) is 5.69 Å². The van der Waals surface area contributed by atoms with Crippen molar-refractivity contribution in [2.45, 2.75) is 26.3 Å². The van der Waals surface area contributed by atoms with E-state index in [-0.39, 0.29) is 5.56 Å². The second kappa shape index (κ2) is 5.15. The molecule has 1 N–H and O–H groups in total. The van der Waals surface area contributed by atoms with Gasteiger partial charge in [-0.2, -0.15) is 10.4 Å². The number of rotatable bonds is 4. The van der Waals surface area contributed by atoms with E-state index >= 15 is 0 Å². The molecule has 1 unspecified atom stereocenters.